The van der Waals surface area contributed by atoms with Crippen molar-refractivity contribution in [2.24, 2.45) is 0 Å². The first-order valence-corrected chi connectivity index (χ1v) is 9.01. The number of rotatable bonds is 11. The maximum Gasteiger partial charge on any atom is 0.157 e. The van der Waals surface area contributed by atoms with Gasteiger partial charge in [0.2, 0.25) is 0 Å². The van der Waals surface area contributed by atoms with Crippen LogP contribution in [0, 0.1) is 0 Å². The van der Waals surface area contributed by atoms with Crippen LogP contribution < -0.4 is 16.0 Å². The highest BCUT2D eigenvalue weighted by Gasteiger charge is 2.15. The minimum atomic E-state index is 0.576. The number of nitrogens with two attached hydrogens (primary N) is 1. The van der Waals surface area contributed by atoms with Crippen molar-refractivity contribution in [3.8, 4) is 0 Å². The number of allylic oxidation sites excluding steroid dienone is 1. The summed E-state index contributed by atoms with van der Waals surface area (Å²) in [6.07, 6.45) is 10.0. The average Bonchev–Trinajstić information content (AvgIpc) is 2.65. The van der Waals surface area contributed by atoms with E-state index in [9.17, 15) is 0 Å². The van der Waals surface area contributed by atoms with E-state index in [-0.39, 0.29) is 0 Å². The molecule has 7 heteroatoms. The number of anilines is 3. The molecule has 3 N–H and O–H groups in total. The first-order chi connectivity index (χ1) is 12.3. The minimum Gasteiger partial charge on any atom is -0.393 e. The first kappa shape index (κ1) is 19.5. The molecule has 1 aromatic heterocycles. The van der Waals surface area contributed by atoms with Gasteiger partial charge in [0, 0.05) is 33.9 Å². The third-order valence-corrected chi connectivity index (χ3v) is 4.42. The fourth-order valence-corrected chi connectivity index (χ4v) is 2.98. The molecule has 0 saturated carbocycles. The van der Waals surface area contributed by atoms with Crippen LogP contribution in [-0.2, 0) is 9.47 Å². The van der Waals surface area contributed by atoms with Gasteiger partial charge in [-0.25, -0.2) is 9.97 Å². The molecule has 1 aromatic rings. The van der Waals surface area contributed by atoms with Crippen molar-refractivity contribution in [3.05, 3.63) is 18.0 Å². The lowest BCUT2D eigenvalue weighted by atomic mass is 9.97. The van der Waals surface area contributed by atoms with Crippen molar-refractivity contribution >= 4 is 17.3 Å². The quantitative estimate of drug-likeness (QED) is 0.594. The number of nitrogens with one attached hydrogen (secondary N) is 1. The Morgan fingerprint density at radius 2 is 1.92 bits per heavy atom. The van der Waals surface area contributed by atoms with Crippen molar-refractivity contribution in [1.29, 1.82) is 0 Å². The van der Waals surface area contributed by atoms with Gasteiger partial charge in [0.25, 0.3) is 0 Å². The summed E-state index contributed by atoms with van der Waals surface area (Å²) in [5.41, 5.74) is 8.43. The molecule has 0 aliphatic heterocycles. The Kier molecular flexibility index (Phi) is 8.48. The normalized spacial score (nSPS) is 14.2. The Labute approximate surface area is 150 Å². The van der Waals surface area contributed by atoms with E-state index in [0.717, 1.165) is 18.8 Å². The van der Waals surface area contributed by atoms with Gasteiger partial charge in [0.1, 0.15) is 12.0 Å². The predicted molar refractivity (Wildman–Crippen MR) is 102 cm³/mol. The lowest BCUT2D eigenvalue weighted by Crippen LogP contribution is -2.32. The predicted octanol–water partition coefficient (Wildman–Crippen LogP) is 2.46. The van der Waals surface area contributed by atoms with Gasteiger partial charge < -0.3 is 25.4 Å². The Morgan fingerprint density at radius 3 is 2.56 bits per heavy atom. The molecule has 0 aromatic carbocycles. The SMILES string of the molecule is COCCN(CCOC)c1ncnc(NCCC2=CCCCC2)c1N. The van der Waals surface area contributed by atoms with Crippen molar-refractivity contribution in [2.45, 2.75) is 32.1 Å². The van der Waals surface area contributed by atoms with Gasteiger partial charge >= 0.3 is 0 Å². The van der Waals surface area contributed by atoms with E-state index >= 15 is 0 Å². The second-order valence-electron chi connectivity index (χ2n) is 6.22. The second kappa shape index (κ2) is 10.9. The summed E-state index contributed by atoms with van der Waals surface area (Å²) in [7, 11) is 3.37. The van der Waals surface area contributed by atoms with Crippen molar-refractivity contribution in [2.75, 3.05) is 63.0 Å². The highest BCUT2D eigenvalue weighted by Crippen LogP contribution is 2.26. The zero-order valence-corrected chi connectivity index (χ0v) is 15.5. The van der Waals surface area contributed by atoms with Crippen LogP contribution in [0.15, 0.2) is 18.0 Å². The molecule has 25 heavy (non-hydrogen) atoms. The molecule has 2 rings (SSSR count). The van der Waals surface area contributed by atoms with Crippen molar-refractivity contribution in [1.82, 2.24) is 9.97 Å². The van der Waals surface area contributed by atoms with Crippen LogP contribution in [0.25, 0.3) is 0 Å². The van der Waals surface area contributed by atoms with E-state index in [0.29, 0.717) is 37.8 Å². The van der Waals surface area contributed by atoms with Crippen LogP contribution in [0.3, 0.4) is 0 Å². The highest BCUT2D eigenvalue weighted by molar-refractivity contribution is 5.74. The monoisotopic (exact) mass is 349 g/mol. The average molecular weight is 349 g/mol. The molecule has 7 nitrogen and oxygen atoms in total. The van der Waals surface area contributed by atoms with Gasteiger partial charge in [-0.15, -0.1) is 0 Å². The molecule has 0 saturated heterocycles. The van der Waals surface area contributed by atoms with Crippen LogP contribution in [0.4, 0.5) is 17.3 Å². The number of nitrogens with zero attached hydrogens (tertiary/aromatic N) is 3. The molecule has 0 amide bonds. The van der Waals surface area contributed by atoms with Crippen LogP contribution in [0.1, 0.15) is 32.1 Å². The van der Waals surface area contributed by atoms with E-state index in [1.54, 1.807) is 20.5 Å². The summed E-state index contributed by atoms with van der Waals surface area (Å²) in [4.78, 5) is 10.7. The van der Waals surface area contributed by atoms with Gasteiger partial charge in [-0.2, -0.15) is 0 Å². The number of aromatic nitrogens is 2. The summed E-state index contributed by atoms with van der Waals surface area (Å²) in [5.74, 6) is 1.42. The fraction of sp³-hybridized carbons (Fsp3) is 0.667. The summed E-state index contributed by atoms with van der Waals surface area (Å²) in [6.45, 7) is 3.44. The van der Waals surface area contributed by atoms with Gasteiger partial charge in [0.05, 0.1) is 13.2 Å². The number of ether oxygens (including phenoxy) is 2. The van der Waals surface area contributed by atoms with Gasteiger partial charge in [-0.1, -0.05) is 11.6 Å². The van der Waals surface area contributed by atoms with Crippen LogP contribution in [0.5, 0.6) is 0 Å². The number of methoxy groups -OCH3 is 2. The molecule has 140 valence electrons. The summed E-state index contributed by atoms with van der Waals surface area (Å²) in [6, 6.07) is 0. The van der Waals surface area contributed by atoms with Gasteiger partial charge in [0.15, 0.2) is 11.6 Å². The zero-order valence-electron chi connectivity index (χ0n) is 15.5. The molecule has 0 bridgehead atoms. The molecular formula is C18H31N5O2. The summed E-state index contributed by atoms with van der Waals surface area (Å²) in [5, 5.41) is 3.36. The Balaban J connectivity index is 1.99. The molecule has 0 spiro atoms. The molecular weight excluding hydrogens is 318 g/mol. The van der Waals surface area contributed by atoms with E-state index < -0.39 is 0 Å². The van der Waals surface area contributed by atoms with Gasteiger partial charge in [-0.05, 0) is 32.1 Å². The third-order valence-electron chi connectivity index (χ3n) is 4.42. The van der Waals surface area contributed by atoms with Gasteiger partial charge in [-0.3, -0.25) is 0 Å². The third kappa shape index (κ3) is 6.17. The highest BCUT2D eigenvalue weighted by atomic mass is 16.5. The first-order valence-electron chi connectivity index (χ1n) is 9.01. The standard InChI is InChI=1S/C18H31N5O2/c1-24-12-10-23(11-13-25-2)18-16(19)17(21-14-22-18)20-9-8-15-6-4-3-5-7-15/h6,14H,3-5,7-13,19H2,1-2H3,(H,20,21,22). The molecule has 0 unspecified atom stereocenters. The van der Waals surface area contributed by atoms with Crippen molar-refractivity contribution < 1.29 is 9.47 Å². The van der Waals surface area contributed by atoms with E-state index in [4.69, 9.17) is 15.2 Å². The lowest BCUT2D eigenvalue weighted by molar-refractivity contribution is 0.190. The maximum absolute atomic E-state index is 6.32. The number of nitrogen functional groups attached to an aromatic ring is 1. The smallest absolute Gasteiger partial charge is 0.157 e. The maximum atomic E-state index is 6.32. The Bertz CT molecular complexity index is 542. The van der Waals surface area contributed by atoms with E-state index in [1.807, 2.05) is 0 Å². The largest absolute Gasteiger partial charge is 0.393 e. The zero-order chi connectivity index (χ0) is 17.9. The molecule has 1 heterocycles. The summed E-state index contributed by atoms with van der Waals surface area (Å²) >= 11 is 0. The molecule has 1 aliphatic rings. The van der Waals surface area contributed by atoms with E-state index in [1.165, 1.54) is 31.3 Å². The molecule has 1 aliphatic carbocycles. The second-order valence-corrected chi connectivity index (χ2v) is 6.22. The van der Waals surface area contributed by atoms with Crippen LogP contribution in [0.2, 0.25) is 0 Å². The number of hydrogen-bond acceptors (Lipinski definition) is 7. The number of hydrogen-bond donors (Lipinski definition) is 2. The van der Waals surface area contributed by atoms with Crippen LogP contribution in [-0.4, -0.2) is 57.0 Å². The van der Waals surface area contributed by atoms with Crippen LogP contribution >= 0.6 is 0 Å². The Hall–Kier alpha value is -1.86. The van der Waals surface area contributed by atoms with E-state index in [2.05, 4.69) is 26.3 Å². The molecule has 0 atom stereocenters. The molecule has 0 radical (unpaired) electrons. The lowest BCUT2D eigenvalue weighted by Gasteiger charge is -2.25. The molecule has 0 fully saturated rings. The Morgan fingerprint density at radius 1 is 1.16 bits per heavy atom. The fourth-order valence-electron chi connectivity index (χ4n) is 2.98. The summed E-state index contributed by atoms with van der Waals surface area (Å²) < 4.78 is 10.4. The van der Waals surface area contributed by atoms with Crippen molar-refractivity contribution in [3.63, 3.8) is 0 Å². The topological polar surface area (TPSA) is 85.5 Å². The minimum absolute atomic E-state index is 0.576.